The molecule has 0 radical (unpaired) electrons. The smallest absolute Gasteiger partial charge is 0.345 e. The molecule has 0 aliphatic carbocycles. The van der Waals surface area contributed by atoms with Crippen molar-refractivity contribution in [1.29, 1.82) is 0 Å². The molecule has 7 nitrogen and oxygen atoms in total. The Morgan fingerprint density at radius 3 is 2.62 bits per heavy atom. The molecule has 29 heavy (non-hydrogen) atoms. The van der Waals surface area contributed by atoms with Crippen LogP contribution in [0.5, 0.6) is 0 Å². The normalized spacial score (nSPS) is 12.3. The molecule has 0 aliphatic heterocycles. The maximum Gasteiger partial charge on any atom is 0.390 e. The lowest BCUT2D eigenvalue weighted by Crippen LogP contribution is -2.23. The summed E-state index contributed by atoms with van der Waals surface area (Å²) in [6, 6.07) is 1.30. The lowest BCUT2D eigenvalue weighted by molar-refractivity contribution is -0.129. The van der Waals surface area contributed by atoms with Gasteiger partial charge >= 0.3 is 6.18 Å². The summed E-state index contributed by atoms with van der Waals surface area (Å²) in [7, 11) is -4.60. The van der Waals surface area contributed by atoms with E-state index in [4.69, 9.17) is 0 Å². The Bertz CT molecular complexity index is 1190. The van der Waals surface area contributed by atoms with Crippen molar-refractivity contribution in [3.63, 3.8) is 0 Å². The molecule has 0 fully saturated rings. The Morgan fingerprint density at radius 1 is 1.21 bits per heavy atom. The van der Waals surface area contributed by atoms with E-state index in [-0.39, 0.29) is 16.6 Å². The predicted molar refractivity (Wildman–Crippen MR) is 91.8 cm³/mol. The number of nitrogens with one attached hydrogen (secondary N) is 2. The van der Waals surface area contributed by atoms with Crippen LogP contribution in [0, 0.1) is 11.6 Å². The number of nitrogens with zero attached hydrogens (tertiary/aromatic N) is 2. The van der Waals surface area contributed by atoms with Crippen LogP contribution in [0.2, 0.25) is 0 Å². The van der Waals surface area contributed by atoms with Gasteiger partial charge in [-0.3, -0.25) is 9.52 Å². The van der Waals surface area contributed by atoms with Gasteiger partial charge in [0.25, 0.3) is 0 Å². The molecule has 0 aliphatic rings. The third-order valence-electron chi connectivity index (χ3n) is 3.84. The number of rotatable bonds is 6. The van der Waals surface area contributed by atoms with Crippen molar-refractivity contribution in [3.8, 4) is 0 Å². The zero-order valence-corrected chi connectivity index (χ0v) is 15.0. The third kappa shape index (κ3) is 4.50. The Kier molecular flexibility index (Phi) is 5.26. The van der Waals surface area contributed by atoms with Gasteiger partial charge in [0.15, 0.2) is 5.82 Å². The highest BCUT2D eigenvalue weighted by Crippen LogP contribution is 2.27. The van der Waals surface area contributed by atoms with Gasteiger partial charge in [-0.05, 0) is 12.1 Å². The molecule has 154 valence electrons. The first-order chi connectivity index (χ1) is 13.5. The second-order valence-electron chi connectivity index (χ2n) is 5.89. The highest BCUT2D eigenvalue weighted by Gasteiger charge is 2.31. The van der Waals surface area contributed by atoms with Gasteiger partial charge in [-0.25, -0.2) is 27.2 Å². The number of aromatic nitrogens is 3. The van der Waals surface area contributed by atoms with E-state index in [0.717, 1.165) is 6.20 Å². The average Bonchev–Trinajstić information content (AvgIpc) is 3.06. The van der Waals surface area contributed by atoms with E-state index in [1.54, 1.807) is 4.72 Å². The average molecular weight is 434 g/mol. The lowest BCUT2D eigenvalue weighted by Gasteiger charge is -2.12. The van der Waals surface area contributed by atoms with Crippen LogP contribution in [-0.2, 0) is 10.0 Å². The standard InChI is InChI=1S/C16H11F5N4O3S/c17-10-1-2-11(25-29(27,28)4-3-16(19,20)21)13(18)12(10)14(26)8-6-23-15-9(8)5-22-7-24-15/h1-2,5-7,25H,3-4H2,(H,22,23,24). The molecule has 2 heterocycles. The quantitative estimate of drug-likeness (QED) is 0.458. The highest BCUT2D eigenvalue weighted by atomic mass is 32.2. The Hall–Kier alpha value is -3.09. The van der Waals surface area contributed by atoms with E-state index in [0.29, 0.717) is 12.1 Å². The number of H-pyrrole nitrogens is 1. The van der Waals surface area contributed by atoms with Crippen LogP contribution in [0.3, 0.4) is 0 Å². The van der Waals surface area contributed by atoms with Crippen LogP contribution in [0.4, 0.5) is 27.6 Å². The zero-order valence-electron chi connectivity index (χ0n) is 14.2. The number of anilines is 1. The fourth-order valence-corrected chi connectivity index (χ4v) is 3.59. The van der Waals surface area contributed by atoms with Gasteiger partial charge in [0.1, 0.15) is 17.8 Å². The molecule has 3 rings (SSSR count). The summed E-state index contributed by atoms with van der Waals surface area (Å²) in [4.78, 5) is 22.8. The molecular weight excluding hydrogens is 423 g/mol. The first-order valence-corrected chi connectivity index (χ1v) is 9.51. The molecule has 1 aromatic carbocycles. The predicted octanol–water partition coefficient (Wildman–Crippen LogP) is 3.16. The first-order valence-electron chi connectivity index (χ1n) is 7.85. The Morgan fingerprint density at radius 2 is 1.93 bits per heavy atom. The Balaban J connectivity index is 1.96. The topological polar surface area (TPSA) is 105 Å². The van der Waals surface area contributed by atoms with Gasteiger partial charge < -0.3 is 4.98 Å². The monoisotopic (exact) mass is 434 g/mol. The minimum absolute atomic E-state index is 0.171. The number of sulfonamides is 1. The number of hydrogen-bond acceptors (Lipinski definition) is 5. The summed E-state index contributed by atoms with van der Waals surface area (Å²) < 4.78 is 90.8. The molecule has 0 amide bonds. The molecule has 0 unspecified atom stereocenters. The largest absolute Gasteiger partial charge is 0.390 e. The van der Waals surface area contributed by atoms with Crippen LogP contribution in [-0.4, -0.2) is 41.1 Å². The van der Waals surface area contributed by atoms with Gasteiger partial charge in [0, 0.05) is 17.8 Å². The fourth-order valence-electron chi connectivity index (χ4n) is 2.49. The van der Waals surface area contributed by atoms with E-state index < -0.39 is 57.0 Å². The minimum atomic E-state index is -4.74. The summed E-state index contributed by atoms with van der Waals surface area (Å²) >= 11 is 0. The molecular formula is C16H11F5N4O3S. The highest BCUT2D eigenvalue weighted by molar-refractivity contribution is 7.92. The van der Waals surface area contributed by atoms with Crippen LogP contribution in [0.15, 0.2) is 30.9 Å². The number of fused-ring (bicyclic) bond motifs is 1. The number of halogens is 5. The molecule has 0 saturated carbocycles. The van der Waals surface area contributed by atoms with E-state index in [1.807, 2.05) is 0 Å². The molecule has 2 N–H and O–H groups in total. The zero-order chi connectivity index (χ0) is 21.4. The number of hydrogen-bond donors (Lipinski definition) is 2. The fraction of sp³-hybridized carbons (Fsp3) is 0.188. The lowest BCUT2D eigenvalue weighted by atomic mass is 10.0. The van der Waals surface area contributed by atoms with Gasteiger partial charge in [-0.2, -0.15) is 13.2 Å². The molecule has 0 atom stereocenters. The third-order valence-corrected chi connectivity index (χ3v) is 5.11. The van der Waals surface area contributed by atoms with Gasteiger partial charge in [0.2, 0.25) is 15.8 Å². The van der Waals surface area contributed by atoms with Gasteiger partial charge in [-0.1, -0.05) is 0 Å². The summed E-state index contributed by atoms with van der Waals surface area (Å²) in [6.07, 6.45) is -2.82. The summed E-state index contributed by atoms with van der Waals surface area (Å²) in [5.41, 5.74) is -1.87. The van der Waals surface area contributed by atoms with Crippen molar-refractivity contribution in [2.45, 2.75) is 12.6 Å². The van der Waals surface area contributed by atoms with E-state index in [2.05, 4.69) is 15.0 Å². The second-order valence-corrected chi connectivity index (χ2v) is 7.73. The number of aromatic amines is 1. The van der Waals surface area contributed by atoms with Crippen LogP contribution >= 0.6 is 0 Å². The van der Waals surface area contributed by atoms with E-state index in [1.165, 1.54) is 12.5 Å². The maximum absolute atomic E-state index is 14.7. The number of carbonyl (C=O) groups excluding carboxylic acids is 1. The molecule has 0 bridgehead atoms. The van der Waals surface area contributed by atoms with Crippen LogP contribution in [0.1, 0.15) is 22.3 Å². The molecule has 2 aromatic heterocycles. The first kappa shape index (κ1) is 20.6. The van der Waals surface area contributed by atoms with Crippen molar-refractivity contribution in [2.75, 3.05) is 10.5 Å². The molecule has 13 heteroatoms. The van der Waals surface area contributed by atoms with Gasteiger partial charge in [0.05, 0.1) is 29.0 Å². The minimum Gasteiger partial charge on any atom is -0.345 e. The van der Waals surface area contributed by atoms with E-state index >= 15 is 0 Å². The molecule has 0 spiro atoms. The van der Waals surface area contributed by atoms with Crippen LogP contribution < -0.4 is 4.72 Å². The maximum atomic E-state index is 14.7. The number of ketones is 1. The second kappa shape index (κ2) is 7.39. The Labute approximate surface area is 160 Å². The van der Waals surface area contributed by atoms with Crippen molar-refractivity contribution >= 4 is 32.5 Å². The van der Waals surface area contributed by atoms with Crippen LogP contribution in [0.25, 0.3) is 11.0 Å². The van der Waals surface area contributed by atoms with E-state index in [9.17, 15) is 35.2 Å². The number of benzene rings is 1. The summed E-state index contributed by atoms with van der Waals surface area (Å²) in [5.74, 6) is -5.33. The molecule has 0 saturated heterocycles. The van der Waals surface area contributed by atoms with Gasteiger partial charge in [-0.15, -0.1) is 0 Å². The number of carbonyl (C=O) groups is 1. The SMILES string of the molecule is O=C(c1c(F)ccc(NS(=O)(=O)CCC(F)(F)F)c1F)c1c[nH]c2ncncc12. The van der Waals surface area contributed by atoms with Crippen molar-refractivity contribution < 1.29 is 35.2 Å². The summed E-state index contributed by atoms with van der Waals surface area (Å²) in [5, 5.41) is 0.174. The molecule has 3 aromatic rings. The van der Waals surface area contributed by atoms with Crippen molar-refractivity contribution in [3.05, 3.63) is 53.6 Å². The van der Waals surface area contributed by atoms with Crippen molar-refractivity contribution in [1.82, 2.24) is 15.0 Å². The summed E-state index contributed by atoms with van der Waals surface area (Å²) in [6.45, 7) is 0. The number of alkyl halides is 3. The van der Waals surface area contributed by atoms with Crippen molar-refractivity contribution in [2.24, 2.45) is 0 Å².